The molecule has 0 bridgehead atoms. The minimum absolute atomic E-state index is 0.501. The average Bonchev–Trinajstić information content (AvgIpc) is 3.21. The van der Waals surface area contributed by atoms with E-state index in [1.54, 1.807) is 0 Å². The summed E-state index contributed by atoms with van der Waals surface area (Å²) >= 11 is 0. The molecular weight excluding hydrogens is 528 g/mol. The van der Waals surface area contributed by atoms with E-state index < -0.39 is 0 Å². The Morgan fingerprint density at radius 2 is 1.05 bits per heavy atom. The summed E-state index contributed by atoms with van der Waals surface area (Å²) in [7, 11) is 0. The predicted molar refractivity (Wildman–Crippen MR) is 198 cm³/mol. The molecule has 3 aliphatic rings. The highest BCUT2D eigenvalue weighted by Gasteiger charge is 2.52. The van der Waals surface area contributed by atoms with Crippen molar-refractivity contribution in [3.05, 3.63) is 0 Å². The molecule has 44 heavy (non-hydrogen) atoms. The van der Waals surface area contributed by atoms with E-state index in [-0.39, 0.29) is 0 Å². The summed E-state index contributed by atoms with van der Waals surface area (Å²) in [6, 6.07) is 0. The summed E-state index contributed by atoms with van der Waals surface area (Å²) in [5.41, 5.74) is 2.12. The van der Waals surface area contributed by atoms with Crippen molar-refractivity contribution in [2.75, 3.05) is 0 Å². The lowest BCUT2D eigenvalue weighted by Crippen LogP contribution is -2.47. The van der Waals surface area contributed by atoms with Gasteiger partial charge >= 0.3 is 0 Å². The van der Waals surface area contributed by atoms with Gasteiger partial charge in [0.15, 0.2) is 0 Å². The van der Waals surface area contributed by atoms with Gasteiger partial charge in [0.25, 0.3) is 0 Å². The van der Waals surface area contributed by atoms with Crippen LogP contribution in [-0.4, -0.2) is 0 Å². The Labute approximate surface area is 279 Å². The van der Waals surface area contributed by atoms with Crippen LogP contribution < -0.4 is 0 Å². The lowest BCUT2D eigenvalue weighted by Gasteiger charge is -2.55. The zero-order chi connectivity index (χ0) is 31.9. The standard InChI is InChI=1S/C44H84/c1-8-41(5,42(6)32-24-19-15-11-10-12-16-20-25-33-42)36-29-30-38(3)40-31-23-28-37-44(9-2,39(40)4)43(7)34-26-21-17-13-14-18-22-27-35-43/h38-40H,8-37H2,1-7H3. The van der Waals surface area contributed by atoms with Gasteiger partial charge in [0.1, 0.15) is 0 Å². The molecule has 3 fully saturated rings. The van der Waals surface area contributed by atoms with Gasteiger partial charge in [-0.1, -0.05) is 190 Å². The predicted octanol–water partition coefficient (Wildman–Crippen LogP) is 15.7. The van der Waals surface area contributed by atoms with Gasteiger partial charge in [-0.2, -0.15) is 0 Å². The van der Waals surface area contributed by atoms with E-state index in [0.29, 0.717) is 21.7 Å². The molecule has 0 aromatic carbocycles. The molecule has 0 aromatic heterocycles. The van der Waals surface area contributed by atoms with Crippen molar-refractivity contribution < 1.29 is 0 Å². The summed E-state index contributed by atoms with van der Waals surface area (Å²) in [6.07, 6.45) is 44.3. The Morgan fingerprint density at radius 1 is 0.614 bits per heavy atom. The van der Waals surface area contributed by atoms with Gasteiger partial charge in [0.2, 0.25) is 0 Å². The van der Waals surface area contributed by atoms with Crippen LogP contribution in [0, 0.1) is 39.4 Å². The fraction of sp³-hybridized carbons (Fsp3) is 1.00. The maximum absolute atomic E-state index is 2.80. The quantitative estimate of drug-likeness (QED) is 0.227. The maximum atomic E-state index is 2.80. The van der Waals surface area contributed by atoms with Crippen LogP contribution in [-0.2, 0) is 0 Å². The van der Waals surface area contributed by atoms with E-state index in [1.807, 2.05) is 0 Å². The van der Waals surface area contributed by atoms with E-state index in [4.69, 9.17) is 0 Å². The molecule has 0 aliphatic heterocycles. The first-order valence-corrected chi connectivity index (χ1v) is 21.2. The molecule has 3 rings (SSSR count). The second kappa shape index (κ2) is 19.1. The van der Waals surface area contributed by atoms with Gasteiger partial charge in [0, 0.05) is 0 Å². The fourth-order valence-electron chi connectivity index (χ4n) is 11.9. The summed E-state index contributed by atoms with van der Waals surface area (Å²) in [5, 5.41) is 0. The lowest BCUT2D eigenvalue weighted by molar-refractivity contribution is -0.0592. The SMILES string of the molecule is CCC(C)(CCCC(C)C1CCCCC(CC)(C2(C)CCCCCCCCCC2)C1C)C1(C)CCCCCCCCCCC1. The van der Waals surface area contributed by atoms with Crippen LogP contribution >= 0.6 is 0 Å². The van der Waals surface area contributed by atoms with E-state index in [1.165, 1.54) is 193 Å². The average molecular weight is 613 g/mol. The molecule has 5 atom stereocenters. The molecule has 3 saturated carbocycles. The van der Waals surface area contributed by atoms with Crippen molar-refractivity contribution in [1.29, 1.82) is 0 Å². The van der Waals surface area contributed by atoms with Crippen molar-refractivity contribution in [3.8, 4) is 0 Å². The Bertz CT molecular complexity index is 725. The Morgan fingerprint density at radius 3 is 1.50 bits per heavy atom. The third-order valence-electron chi connectivity index (χ3n) is 15.8. The highest BCUT2D eigenvalue weighted by atomic mass is 14.6. The molecule has 0 saturated heterocycles. The molecule has 0 spiro atoms. The molecule has 0 radical (unpaired) electrons. The van der Waals surface area contributed by atoms with Crippen LogP contribution in [0.1, 0.15) is 241 Å². The normalized spacial score (nSPS) is 32.5. The van der Waals surface area contributed by atoms with Gasteiger partial charge in [-0.25, -0.2) is 0 Å². The molecule has 0 heterocycles. The van der Waals surface area contributed by atoms with Gasteiger partial charge in [-0.3, -0.25) is 0 Å². The third kappa shape index (κ3) is 10.0. The van der Waals surface area contributed by atoms with Crippen molar-refractivity contribution in [2.45, 2.75) is 241 Å². The van der Waals surface area contributed by atoms with Gasteiger partial charge in [-0.15, -0.1) is 0 Å². The van der Waals surface area contributed by atoms with E-state index in [0.717, 1.165) is 17.8 Å². The zero-order valence-corrected chi connectivity index (χ0v) is 31.9. The topological polar surface area (TPSA) is 0 Å². The van der Waals surface area contributed by atoms with E-state index in [9.17, 15) is 0 Å². The third-order valence-corrected chi connectivity index (χ3v) is 15.8. The van der Waals surface area contributed by atoms with Crippen molar-refractivity contribution in [3.63, 3.8) is 0 Å². The van der Waals surface area contributed by atoms with Crippen LogP contribution in [0.25, 0.3) is 0 Å². The minimum Gasteiger partial charge on any atom is -0.0648 e. The molecule has 3 aliphatic carbocycles. The van der Waals surface area contributed by atoms with E-state index >= 15 is 0 Å². The molecule has 0 amide bonds. The second-order valence-corrected chi connectivity index (χ2v) is 18.1. The number of rotatable bonds is 9. The lowest BCUT2D eigenvalue weighted by atomic mass is 9.50. The van der Waals surface area contributed by atoms with Crippen LogP contribution in [0.4, 0.5) is 0 Å². The van der Waals surface area contributed by atoms with Gasteiger partial charge in [0.05, 0.1) is 0 Å². The number of hydrogen-bond acceptors (Lipinski definition) is 0. The Hall–Kier alpha value is 0. The fourth-order valence-corrected chi connectivity index (χ4v) is 11.9. The highest BCUT2D eigenvalue weighted by molar-refractivity contribution is 5.01. The first-order chi connectivity index (χ1) is 21.2. The van der Waals surface area contributed by atoms with Crippen molar-refractivity contribution >= 4 is 0 Å². The molecule has 0 N–H and O–H groups in total. The Kier molecular flexibility index (Phi) is 16.7. The summed E-state index contributed by atoms with van der Waals surface area (Å²) < 4.78 is 0. The summed E-state index contributed by atoms with van der Waals surface area (Å²) in [4.78, 5) is 0. The monoisotopic (exact) mass is 613 g/mol. The largest absolute Gasteiger partial charge is 0.0648 e. The summed E-state index contributed by atoms with van der Waals surface area (Å²) in [5.74, 6) is 2.68. The van der Waals surface area contributed by atoms with Crippen LogP contribution in [0.2, 0.25) is 0 Å². The first-order valence-electron chi connectivity index (χ1n) is 21.2. The molecular formula is C44H84. The van der Waals surface area contributed by atoms with Crippen molar-refractivity contribution in [1.82, 2.24) is 0 Å². The second-order valence-electron chi connectivity index (χ2n) is 18.1. The van der Waals surface area contributed by atoms with Crippen molar-refractivity contribution in [2.24, 2.45) is 39.4 Å². The summed E-state index contributed by atoms with van der Waals surface area (Å²) in [6.45, 7) is 18.9. The highest BCUT2D eigenvalue weighted by Crippen LogP contribution is 2.61. The first kappa shape index (κ1) is 38.4. The van der Waals surface area contributed by atoms with Gasteiger partial charge < -0.3 is 0 Å². The molecule has 0 heteroatoms. The van der Waals surface area contributed by atoms with Crippen LogP contribution in [0.15, 0.2) is 0 Å². The van der Waals surface area contributed by atoms with Crippen LogP contribution in [0.3, 0.4) is 0 Å². The maximum Gasteiger partial charge on any atom is -0.0218 e. The van der Waals surface area contributed by atoms with Crippen LogP contribution in [0.5, 0.6) is 0 Å². The zero-order valence-electron chi connectivity index (χ0n) is 31.9. The smallest absolute Gasteiger partial charge is 0.0218 e. The molecule has 0 nitrogen and oxygen atoms in total. The molecule has 260 valence electrons. The number of hydrogen-bond donors (Lipinski definition) is 0. The Balaban J connectivity index is 1.70. The van der Waals surface area contributed by atoms with Gasteiger partial charge in [-0.05, 0) is 90.8 Å². The van der Waals surface area contributed by atoms with E-state index in [2.05, 4.69) is 48.5 Å². The molecule has 0 aromatic rings. The minimum atomic E-state index is 0.501. The molecule has 5 unspecified atom stereocenters.